The molecule has 2 N–H and O–H groups in total. The van der Waals surface area contributed by atoms with Crippen LogP contribution in [0.25, 0.3) is 0 Å². The van der Waals surface area contributed by atoms with E-state index >= 15 is 0 Å². The minimum atomic E-state index is -0.641. The second-order valence-corrected chi connectivity index (χ2v) is 4.92. The van der Waals surface area contributed by atoms with E-state index in [-0.39, 0.29) is 16.9 Å². The molecule has 0 aliphatic carbocycles. The molecule has 0 spiro atoms. The fourth-order valence-corrected chi connectivity index (χ4v) is 2.05. The van der Waals surface area contributed by atoms with Crippen LogP contribution in [0.3, 0.4) is 0 Å². The number of non-ortho nitro benzene ring substituents is 1. The Morgan fingerprint density at radius 1 is 1.35 bits per heavy atom. The number of rotatable bonds is 5. The molecule has 0 atom stereocenters. The fourth-order valence-electron chi connectivity index (χ4n) is 1.89. The number of carbonyl (C=O) groups excluding carboxylic acids is 1. The summed E-state index contributed by atoms with van der Waals surface area (Å²) in [5, 5.41) is 23.3. The number of halogens is 1. The van der Waals surface area contributed by atoms with E-state index in [9.17, 15) is 20.0 Å². The lowest BCUT2D eigenvalue weighted by molar-refractivity contribution is -0.384. The molecule has 0 radical (unpaired) electrons. The Kier molecular flexibility index (Phi) is 5.02. The van der Waals surface area contributed by atoms with Crippen molar-refractivity contribution >= 4 is 28.9 Å². The number of carbonyl (C=O) groups is 1. The van der Waals surface area contributed by atoms with E-state index in [4.69, 9.17) is 16.3 Å². The van der Waals surface area contributed by atoms with Crippen LogP contribution in [0, 0.1) is 10.1 Å². The Labute approximate surface area is 136 Å². The number of aromatic hydroxyl groups is 1. The highest BCUT2D eigenvalue weighted by molar-refractivity contribution is 6.31. The smallest absolute Gasteiger partial charge is 0.273 e. The predicted octanol–water partition coefficient (Wildman–Crippen LogP) is 3.60. The summed E-state index contributed by atoms with van der Waals surface area (Å²) in [5.74, 6) is -0.632. The summed E-state index contributed by atoms with van der Waals surface area (Å²) in [6.45, 7) is 2.12. The molecule has 0 saturated carbocycles. The van der Waals surface area contributed by atoms with E-state index in [1.54, 1.807) is 6.92 Å². The third-order valence-electron chi connectivity index (χ3n) is 2.93. The first-order chi connectivity index (χ1) is 10.9. The zero-order valence-electron chi connectivity index (χ0n) is 12.1. The van der Waals surface area contributed by atoms with Crippen LogP contribution in [0.4, 0.5) is 11.4 Å². The minimum absolute atomic E-state index is 0.0537. The minimum Gasteiger partial charge on any atom is -0.506 e. The molecule has 0 heterocycles. The number of nitro groups is 1. The van der Waals surface area contributed by atoms with Crippen LogP contribution < -0.4 is 10.1 Å². The Morgan fingerprint density at radius 2 is 2.09 bits per heavy atom. The summed E-state index contributed by atoms with van der Waals surface area (Å²) in [7, 11) is 0. The zero-order valence-corrected chi connectivity index (χ0v) is 12.8. The molecule has 0 bridgehead atoms. The standard InChI is InChI=1S/C15H13ClN2O5/c1-2-23-14-7-9(16)3-5-11(14)15(20)17-12-6-4-10(18(21)22)8-13(12)19/h3-8,19H,2H2,1H3,(H,17,20). The number of phenolic OH excluding ortho intramolecular Hbond substituents is 1. The third-order valence-corrected chi connectivity index (χ3v) is 3.16. The van der Waals surface area contributed by atoms with Crippen LogP contribution in [0.15, 0.2) is 36.4 Å². The van der Waals surface area contributed by atoms with Gasteiger partial charge in [-0.15, -0.1) is 0 Å². The molecule has 0 saturated heterocycles. The van der Waals surface area contributed by atoms with E-state index in [1.807, 2.05) is 0 Å². The van der Waals surface area contributed by atoms with Gasteiger partial charge in [-0.3, -0.25) is 14.9 Å². The number of anilines is 1. The van der Waals surface area contributed by atoms with Gasteiger partial charge in [0.2, 0.25) is 0 Å². The van der Waals surface area contributed by atoms with Crippen LogP contribution in [0.2, 0.25) is 5.02 Å². The molecule has 7 nitrogen and oxygen atoms in total. The molecule has 23 heavy (non-hydrogen) atoms. The molecule has 8 heteroatoms. The van der Waals surface area contributed by atoms with Crippen molar-refractivity contribution in [3.8, 4) is 11.5 Å². The second-order valence-electron chi connectivity index (χ2n) is 4.49. The van der Waals surface area contributed by atoms with E-state index in [2.05, 4.69) is 5.32 Å². The number of amides is 1. The van der Waals surface area contributed by atoms with Gasteiger partial charge in [-0.25, -0.2) is 0 Å². The average molecular weight is 337 g/mol. The van der Waals surface area contributed by atoms with Gasteiger partial charge in [-0.1, -0.05) is 11.6 Å². The molecule has 0 unspecified atom stereocenters. The van der Waals surface area contributed by atoms with Crippen molar-refractivity contribution < 1.29 is 19.6 Å². The third kappa shape index (κ3) is 3.89. The number of nitro benzene ring substituents is 1. The maximum absolute atomic E-state index is 12.3. The maximum Gasteiger partial charge on any atom is 0.273 e. The van der Waals surface area contributed by atoms with Gasteiger partial charge in [-0.05, 0) is 31.2 Å². The first-order valence-electron chi connectivity index (χ1n) is 6.63. The Hall–Kier alpha value is -2.80. The first-order valence-corrected chi connectivity index (χ1v) is 7.01. The average Bonchev–Trinajstić information content (AvgIpc) is 2.49. The normalized spacial score (nSPS) is 10.2. The van der Waals surface area contributed by atoms with Crippen LogP contribution >= 0.6 is 11.6 Å². The van der Waals surface area contributed by atoms with Crippen LogP contribution in [-0.2, 0) is 0 Å². The van der Waals surface area contributed by atoms with Gasteiger partial charge in [0.15, 0.2) is 0 Å². The lowest BCUT2D eigenvalue weighted by Crippen LogP contribution is -2.14. The molecule has 1 amide bonds. The maximum atomic E-state index is 12.3. The number of hydrogen-bond donors (Lipinski definition) is 2. The predicted molar refractivity (Wildman–Crippen MR) is 85.3 cm³/mol. The molecule has 0 aromatic heterocycles. The lowest BCUT2D eigenvalue weighted by atomic mass is 10.1. The van der Waals surface area contributed by atoms with Crippen molar-refractivity contribution in [1.82, 2.24) is 0 Å². The van der Waals surface area contributed by atoms with Crippen molar-refractivity contribution in [3.63, 3.8) is 0 Å². The summed E-state index contributed by atoms with van der Waals surface area (Å²) in [6.07, 6.45) is 0. The molecule has 2 rings (SSSR count). The van der Waals surface area contributed by atoms with E-state index in [1.165, 1.54) is 30.3 Å². The van der Waals surface area contributed by atoms with Gasteiger partial charge in [0.1, 0.15) is 11.5 Å². The number of hydrogen-bond acceptors (Lipinski definition) is 5. The summed E-state index contributed by atoms with van der Waals surface area (Å²) >= 11 is 5.87. The van der Waals surface area contributed by atoms with Crippen LogP contribution in [0.1, 0.15) is 17.3 Å². The molecule has 0 aliphatic heterocycles. The Bertz CT molecular complexity index is 764. The van der Waals surface area contributed by atoms with Gasteiger partial charge in [0.25, 0.3) is 11.6 Å². The highest BCUT2D eigenvalue weighted by atomic mass is 35.5. The number of nitrogens with one attached hydrogen (secondary N) is 1. The monoisotopic (exact) mass is 336 g/mol. The quantitative estimate of drug-likeness (QED) is 0.493. The number of phenols is 1. The van der Waals surface area contributed by atoms with Gasteiger partial charge in [0.05, 0.1) is 28.8 Å². The van der Waals surface area contributed by atoms with Gasteiger partial charge in [-0.2, -0.15) is 0 Å². The SMILES string of the molecule is CCOc1cc(Cl)ccc1C(=O)Nc1ccc([N+](=O)[O-])cc1O. The number of ether oxygens (including phenoxy) is 1. The van der Waals surface area contributed by atoms with Crippen LogP contribution in [0.5, 0.6) is 11.5 Å². The van der Waals surface area contributed by atoms with Gasteiger partial charge in [0, 0.05) is 11.1 Å². The zero-order chi connectivity index (χ0) is 17.0. The molecular weight excluding hydrogens is 324 g/mol. The van der Waals surface area contributed by atoms with Crippen molar-refractivity contribution in [2.24, 2.45) is 0 Å². The van der Waals surface area contributed by atoms with Crippen molar-refractivity contribution in [2.45, 2.75) is 6.92 Å². The fraction of sp³-hybridized carbons (Fsp3) is 0.133. The molecular formula is C15H13ClN2O5. The summed E-state index contributed by atoms with van der Waals surface area (Å²) in [6, 6.07) is 7.93. The lowest BCUT2D eigenvalue weighted by Gasteiger charge is -2.11. The summed E-state index contributed by atoms with van der Waals surface area (Å²) in [5.41, 5.74) is 0.00833. The highest BCUT2D eigenvalue weighted by Crippen LogP contribution is 2.30. The second kappa shape index (κ2) is 6.97. The van der Waals surface area contributed by atoms with E-state index in [0.29, 0.717) is 17.4 Å². The van der Waals surface area contributed by atoms with E-state index in [0.717, 1.165) is 6.07 Å². The summed E-state index contributed by atoms with van der Waals surface area (Å²) in [4.78, 5) is 22.3. The molecule has 0 aliphatic rings. The van der Waals surface area contributed by atoms with Crippen molar-refractivity contribution in [1.29, 1.82) is 0 Å². The van der Waals surface area contributed by atoms with Gasteiger partial charge >= 0.3 is 0 Å². The molecule has 120 valence electrons. The Morgan fingerprint density at radius 3 is 2.70 bits per heavy atom. The highest BCUT2D eigenvalue weighted by Gasteiger charge is 2.16. The molecule has 0 fully saturated rings. The van der Waals surface area contributed by atoms with E-state index < -0.39 is 16.6 Å². The number of nitrogens with zero attached hydrogens (tertiary/aromatic N) is 1. The number of benzene rings is 2. The largest absolute Gasteiger partial charge is 0.506 e. The molecule has 2 aromatic carbocycles. The van der Waals surface area contributed by atoms with Crippen molar-refractivity contribution in [2.75, 3.05) is 11.9 Å². The topological polar surface area (TPSA) is 102 Å². The van der Waals surface area contributed by atoms with Crippen molar-refractivity contribution in [3.05, 3.63) is 57.1 Å². The van der Waals surface area contributed by atoms with Crippen LogP contribution in [-0.4, -0.2) is 22.5 Å². The van der Waals surface area contributed by atoms with Gasteiger partial charge < -0.3 is 15.2 Å². The Balaban J connectivity index is 2.27. The summed E-state index contributed by atoms with van der Waals surface area (Å²) < 4.78 is 5.36. The first kappa shape index (κ1) is 16.6. The molecule has 2 aromatic rings.